The molecule has 0 unspecified atom stereocenters. The Balaban J connectivity index is 1.51. The molecule has 30 heavy (non-hydrogen) atoms. The minimum Gasteiger partial charge on any atom is -0.382 e. The van der Waals surface area contributed by atoms with Crippen molar-refractivity contribution in [1.29, 1.82) is 5.26 Å². The number of nitriles is 1. The van der Waals surface area contributed by atoms with Crippen LogP contribution in [0.1, 0.15) is 42.3 Å². The standard InChI is InChI=1S/C19H23N11/c1-3-14-12(2)26-30-16(21)15(10-20)17(25-18(14)30)23-8-4-13-5-9-29(27-13)19(6-7-19)11-24-28-22/h5,9H,3-4,6-8,11,21H2,1-2H3,(H,23,25). The fraction of sp³-hybridized carbons (Fsp3) is 0.474. The van der Waals surface area contributed by atoms with Crippen molar-refractivity contribution in [1.82, 2.24) is 24.4 Å². The van der Waals surface area contributed by atoms with E-state index in [0.717, 1.165) is 36.2 Å². The van der Waals surface area contributed by atoms with Crippen molar-refractivity contribution < 1.29 is 0 Å². The van der Waals surface area contributed by atoms with E-state index < -0.39 is 0 Å². The molecule has 4 rings (SSSR count). The first-order chi connectivity index (χ1) is 14.5. The summed E-state index contributed by atoms with van der Waals surface area (Å²) in [6.07, 6.45) is 5.29. The Morgan fingerprint density at radius 2 is 2.23 bits per heavy atom. The summed E-state index contributed by atoms with van der Waals surface area (Å²) < 4.78 is 3.45. The van der Waals surface area contributed by atoms with E-state index >= 15 is 0 Å². The average molecular weight is 405 g/mol. The van der Waals surface area contributed by atoms with Crippen molar-refractivity contribution in [2.75, 3.05) is 24.1 Å². The number of nitrogens with zero attached hydrogens (tertiary/aromatic N) is 9. The van der Waals surface area contributed by atoms with Crippen molar-refractivity contribution in [3.8, 4) is 6.07 Å². The lowest BCUT2D eigenvalue weighted by molar-refractivity contribution is 0.438. The zero-order valence-electron chi connectivity index (χ0n) is 17.0. The fourth-order valence-corrected chi connectivity index (χ4v) is 3.71. The molecule has 0 aromatic carbocycles. The molecule has 1 saturated carbocycles. The van der Waals surface area contributed by atoms with Gasteiger partial charge in [-0.3, -0.25) is 4.68 Å². The Morgan fingerprint density at radius 3 is 2.90 bits per heavy atom. The predicted molar refractivity (Wildman–Crippen MR) is 112 cm³/mol. The third kappa shape index (κ3) is 3.27. The topological polar surface area (TPSA) is 159 Å². The van der Waals surface area contributed by atoms with Gasteiger partial charge in [0.15, 0.2) is 5.65 Å². The van der Waals surface area contributed by atoms with Crippen LogP contribution >= 0.6 is 0 Å². The molecule has 0 spiro atoms. The van der Waals surface area contributed by atoms with Gasteiger partial charge in [-0.05, 0) is 37.8 Å². The lowest BCUT2D eigenvalue weighted by Gasteiger charge is -2.12. The minimum absolute atomic E-state index is 0.163. The second kappa shape index (κ2) is 7.57. The molecule has 3 heterocycles. The van der Waals surface area contributed by atoms with Gasteiger partial charge < -0.3 is 11.1 Å². The maximum Gasteiger partial charge on any atom is 0.163 e. The summed E-state index contributed by atoms with van der Waals surface area (Å²) in [6, 6.07) is 4.09. The first-order valence-corrected chi connectivity index (χ1v) is 9.90. The maximum atomic E-state index is 9.58. The van der Waals surface area contributed by atoms with Gasteiger partial charge in [0.05, 0.1) is 23.5 Å². The van der Waals surface area contributed by atoms with Crippen molar-refractivity contribution in [3.63, 3.8) is 0 Å². The first-order valence-electron chi connectivity index (χ1n) is 9.90. The molecular formula is C19H23N11. The van der Waals surface area contributed by atoms with Crippen LogP contribution in [0.4, 0.5) is 11.6 Å². The Hall–Kier alpha value is -3.77. The summed E-state index contributed by atoms with van der Waals surface area (Å²) in [5.74, 6) is 0.740. The van der Waals surface area contributed by atoms with Gasteiger partial charge in [-0.1, -0.05) is 12.0 Å². The fourth-order valence-electron chi connectivity index (χ4n) is 3.71. The van der Waals surface area contributed by atoms with Gasteiger partial charge in [-0.15, -0.1) is 0 Å². The van der Waals surface area contributed by atoms with Crippen LogP contribution in [0.5, 0.6) is 0 Å². The van der Waals surface area contributed by atoms with E-state index in [1.54, 1.807) is 4.52 Å². The van der Waals surface area contributed by atoms with E-state index in [0.29, 0.717) is 31.0 Å². The normalized spacial score (nSPS) is 14.3. The average Bonchev–Trinajstić information content (AvgIpc) is 3.24. The van der Waals surface area contributed by atoms with Gasteiger partial charge in [-0.2, -0.15) is 20.0 Å². The number of anilines is 2. The van der Waals surface area contributed by atoms with Crippen LogP contribution < -0.4 is 11.1 Å². The first kappa shape index (κ1) is 19.5. The molecule has 0 bridgehead atoms. The lowest BCUT2D eigenvalue weighted by Crippen LogP contribution is -2.21. The number of nitrogens with two attached hydrogens (primary N) is 1. The number of fused-ring (bicyclic) bond motifs is 1. The molecular weight excluding hydrogens is 382 g/mol. The number of azide groups is 1. The van der Waals surface area contributed by atoms with E-state index in [-0.39, 0.29) is 16.9 Å². The van der Waals surface area contributed by atoms with Gasteiger partial charge in [0.2, 0.25) is 0 Å². The number of rotatable bonds is 8. The van der Waals surface area contributed by atoms with E-state index in [1.807, 2.05) is 30.8 Å². The van der Waals surface area contributed by atoms with Crippen LogP contribution in [0.3, 0.4) is 0 Å². The van der Waals surface area contributed by atoms with E-state index in [1.165, 1.54) is 0 Å². The van der Waals surface area contributed by atoms with Crippen molar-refractivity contribution in [2.24, 2.45) is 5.11 Å². The quantitative estimate of drug-likeness (QED) is 0.333. The Bertz CT molecular complexity index is 1190. The van der Waals surface area contributed by atoms with Crippen LogP contribution in [0.15, 0.2) is 17.4 Å². The molecule has 1 fully saturated rings. The highest BCUT2D eigenvalue weighted by Crippen LogP contribution is 2.43. The Kier molecular flexibility index (Phi) is 4.93. The molecule has 0 radical (unpaired) electrons. The summed E-state index contributed by atoms with van der Waals surface area (Å²) >= 11 is 0. The van der Waals surface area contributed by atoms with E-state index in [2.05, 4.69) is 36.6 Å². The van der Waals surface area contributed by atoms with Crippen LogP contribution in [0.2, 0.25) is 0 Å². The molecule has 0 saturated heterocycles. The highest BCUT2D eigenvalue weighted by molar-refractivity contribution is 5.69. The maximum absolute atomic E-state index is 9.58. The second-order valence-corrected chi connectivity index (χ2v) is 7.53. The molecule has 11 heteroatoms. The molecule has 0 atom stereocenters. The van der Waals surface area contributed by atoms with Crippen molar-refractivity contribution in [3.05, 3.63) is 45.2 Å². The summed E-state index contributed by atoms with van der Waals surface area (Å²) in [6.45, 7) is 4.92. The molecule has 1 aliphatic rings. The molecule has 3 N–H and O–H groups in total. The predicted octanol–water partition coefficient (Wildman–Crippen LogP) is 2.70. The summed E-state index contributed by atoms with van der Waals surface area (Å²) in [5.41, 5.74) is 18.4. The Morgan fingerprint density at radius 1 is 1.43 bits per heavy atom. The van der Waals surface area contributed by atoms with Crippen LogP contribution in [-0.4, -0.2) is 37.5 Å². The SMILES string of the molecule is CCc1c(C)nn2c(N)c(C#N)c(NCCc3ccn(C4(CN=[N+]=[N-])CC4)n3)nc12. The minimum atomic E-state index is -0.163. The van der Waals surface area contributed by atoms with Gasteiger partial charge in [-0.25, -0.2) is 4.98 Å². The third-order valence-corrected chi connectivity index (χ3v) is 5.62. The molecule has 3 aromatic heterocycles. The van der Waals surface area contributed by atoms with E-state index in [4.69, 9.17) is 11.3 Å². The molecule has 0 amide bonds. The Labute approximate surface area is 173 Å². The van der Waals surface area contributed by atoms with Crippen molar-refractivity contribution >= 4 is 17.3 Å². The second-order valence-electron chi connectivity index (χ2n) is 7.53. The van der Waals surface area contributed by atoms with Gasteiger partial charge in [0, 0.05) is 29.6 Å². The summed E-state index contributed by atoms with van der Waals surface area (Å²) in [5, 5.41) is 25.6. The highest BCUT2D eigenvalue weighted by Gasteiger charge is 2.44. The molecule has 0 aliphatic heterocycles. The zero-order valence-corrected chi connectivity index (χ0v) is 17.0. The number of nitrogens with one attached hydrogen (secondary N) is 1. The van der Waals surface area contributed by atoms with Crippen LogP contribution in [-0.2, 0) is 18.4 Å². The molecule has 11 nitrogen and oxygen atoms in total. The third-order valence-electron chi connectivity index (χ3n) is 5.62. The largest absolute Gasteiger partial charge is 0.382 e. The summed E-state index contributed by atoms with van der Waals surface area (Å²) in [7, 11) is 0. The van der Waals surface area contributed by atoms with Gasteiger partial charge >= 0.3 is 0 Å². The van der Waals surface area contributed by atoms with Crippen LogP contribution in [0.25, 0.3) is 16.1 Å². The number of nitrogen functional groups attached to an aromatic ring is 1. The number of hydrogen-bond acceptors (Lipinski definition) is 7. The molecule has 154 valence electrons. The number of hydrogen-bond donors (Lipinski definition) is 2. The van der Waals surface area contributed by atoms with Crippen LogP contribution in [0, 0.1) is 18.3 Å². The smallest absolute Gasteiger partial charge is 0.163 e. The number of aromatic nitrogens is 5. The molecule has 3 aromatic rings. The molecule has 1 aliphatic carbocycles. The number of aryl methyl sites for hydroxylation is 2. The van der Waals surface area contributed by atoms with Gasteiger partial charge in [0.25, 0.3) is 0 Å². The monoisotopic (exact) mass is 405 g/mol. The zero-order chi connectivity index (χ0) is 21.3. The highest BCUT2D eigenvalue weighted by atomic mass is 15.4. The summed E-state index contributed by atoms with van der Waals surface area (Å²) in [4.78, 5) is 7.49. The van der Waals surface area contributed by atoms with E-state index in [9.17, 15) is 5.26 Å². The van der Waals surface area contributed by atoms with Gasteiger partial charge in [0.1, 0.15) is 23.3 Å². The van der Waals surface area contributed by atoms with Crippen molar-refractivity contribution in [2.45, 2.75) is 45.1 Å². The lowest BCUT2D eigenvalue weighted by atomic mass is 10.2.